The first kappa shape index (κ1) is 27.2. The summed E-state index contributed by atoms with van der Waals surface area (Å²) < 4.78 is 5.15. The SMILES string of the molecule is CC(C)OC(=O)c1ccc(NC(=O)c2cccc(NC3=C(Cl)C(=O)N(c4cc(Cl)ccc4Cl)C3=O)c2)cc1. The largest absolute Gasteiger partial charge is 0.459 e. The van der Waals surface area contributed by atoms with Gasteiger partial charge >= 0.3 is 5.97 Å². The maximum atomic E-state index is 13.1. The topological polar surface area (TPSA) is 105 Å². The minimum atomic E-state index is -0.766. The summed E-state index contributed by atoms with van der Waals surface area (Å²) in [6.07, 6.45) is -0.247. The highest BCUT2D eigenvalue weighted by molar-refractivity contribution is 6.54. The van der Waals surface area contributed by atoms with E-state index >= 15 is 0 Å². The maximum Gasteiger partial charge on any atom is 0.338 e. The number of rotatable bonds is 7. The average molecular weight is 573 g/mol. The van der Waals surface area contributed by atoms with E-state index in [1.165, 1.54) is 24.3 Å². The smallest absolute Gasteiger partial charge is 0.338 e. The quantitative estimate of drug-likeness (QED) is 0.256. The molecule has 0 spiro atoms. The van der Waals surface area contributed by atoms with Crippen LogP contribution in [0.25, 0.3) is 0 Å². The Morgan fingerprint density at radius 1 is 0.842 bits per heavy atom. The molecule has 38 heavy (non-hydrogen) atoms. The molecular formula is C27H20Cl3N3O5. The van der Waals surface area contributed by atoms with Crippen molar-refractivity contribution in [2.75, 3.05) is 15.5 Å². The number of hydrogen-bond donors (Lipinski definition) is 2. The first-order valence-corrected chi connectivity index (χ1v) is 12.4. The highest BCUT2D eigenvalue weighted by Gasteiger charge is 2.40. The van der Waals surface area contributed by atoms with E-state index in [-0.39, 0.29) is 38.1 Å². The second-order valence-corrected chi connectivity index (χ2v) is 9.64. The van der Waals surface area contributed by atoms with Crippen LogP contribution < -0.4 is 15.5 Å². The van der Waals surface area contributed by atoms with Gasteiger partial charge in [-0.1, -0.05) is 40.9 Å². The Labute approximate surface area is 233 Å². The van der Waals surface area contributed by atoms with Gasteiger partial charge in [0.2, 0.25) is 0 Å². The van der Waals surface area contributed by atoms with Gasteiger partial charge in [-0.2, -0.15) is 0 Å². The second kappa shape index (κ2) is 11.3. The minimum Gasteiger partial charge on any atom is -0.459 e. The van der Waals surface area contributed by atoms with E-state index in [9.17, 15) is 19.2 Å². The average Bonchev–Trinajstić information content (AvgIpc) is 3.08. The van der Waals surface area contributed by atoms with Gasteiger partial charge in [0.05, 0.1) is 22.4 Å². The van der Waals surface area contributed by atoms with E-state index in [4.69, 9.17) is 39.5 Å². The zero-order valence-corrected chi connectivity index (χ0v) is 22.3. The Kier molecular flexibility index (Phi) is 8.06. The number of imide groups is 1. The van der Waals surface area contributed by atoms with Crippen LogP contribution in [-0.4, -0.2) is 29.8 Å². The zero-order chi connectivity index (χ0) is 27.6. The summed E-state index contributed by atoms with van der Waals surface area (Å²) in [7, 11) is 0. The molecule has 0 saturated heterocycles. The van der Waals surface area contributed by atoms with Crippen molar-refractivity contribution in [3.05, 3.63) is 98.6 Å². The van der Waals surface area contributed by atoms with Gasteiger partial charge in [-0.25, -0.2) is 9.69 Å². The summed E-state index contributed by atoms with van der Waals surface area (Å²) in [6.45, 7) is 3.51. The number of halogens is 3. The van der Waals surface area contributed by atoms with Gasteiger partial charge in [-0.3, -0.25) is 14.4 Å². The lowest BCUT2D eigenvalue weighted by Crippen LogP contribution is -2.32. The maximum absolute atomic E-state index is 13.1. The second-order valence-electron chi connectivity index (χ2n) is 8.42. The third-order valence-corrected chi connectivity index (χ3v) is 6.20. The number of amides is 3. The minimum absolute atomic E-state index is 0.0979. The van der Waals surface area contributed by atoms with Crippen molar-refractivity contribution < 1.29 is 23.9 Å². The van der Waals surface area contributed by atoms with Crippen molar-refractivity contribution in [2.24, 2.45) is 0 Å². The van der Waals surface area contributed by atoms with Crippen LogP contribution in [0.5, 0.6) is 0 Å². The molecule has 8 nitrogen and oxygen atoms in total. The number of carbonyl (C=O) groups excluding carboxylic acids is 4. The number of ether oxygens (including phenoxy) is 1. The molecule has 0 atom stereocenters. The first-order chi connectivity index (χ1) is 18.0. The predicted molar refractivity (Wildman–Crippen MR) is 147 cm³/mol. The van der Waals surface area contributed by atoms with Crippen LogP contribution in [0.15, 0.2) is 77.5 Å². The molecule has 0 aliphatic carbocycles. The van der Waals surface area contributed by atoms with E-state index in [0.717, 1.165) is 4.90 Å². The van der Waals surface area contributed by atoms with Crippen LogP contribution >= 0.6 is 34.8 Å². The summed E-state index contributed by atoms with van der Waals surface area (Å²) in [6, 6.07) is 16.9. The van der Waals surface area contributed by atoms with E-state index in [1.54, 1.807) is 56.3 Å². The summed E-state index contributed by atoms with van der Waals surface area (Å²) in [5, 5.41) is 5.66. The summed E-state index contributed by atoms with van der Waals surface area (Å²) in [5.41, 5.74) is 1.36. The Balaban J connectivity index is 1.48. The van der Waals surface area contributed by atoms with Crippen LogP contribution in [0.1, 0.15) is 34.6 Å². The zero-order valence-electron chi connectivity index (χ0n) is 20.1. The van der Waals surface area contributed by atoms with Gasteiger partial charge in [0, 0.05) is 22.0 Å². The molecule has 0 fully saturated rings. The highest BCUT2D eigenvalue weighted by Crippen LogP contribution is 2.36. The third-order valence-electron chi connectivity index (χ3n) is 5.29. The normalized spacial score (nSPS) is 13.3. The number of benzene rings is 3. The van der Waals surface area contributed by atoms with E-state index in [2.05, 4.69) is 10.6 Å². The molecule has 3 aromatic carbocycles. The van der Waals surface area contributed by atoms with Crippen LogP contribution in [0.2, 0.25) is 10.0 Å². The number of esters is 1. The van der Waals surface area contributed by atoms with Crippen molar-refractivity contribution >= 4 is 75.6 Å². The van der Waals surface area contributed by atoms with Gasteiger partial charge in [0.25, 0.3) is 17.7 Å². The molecule has 1 heterocycles. The van der Waals surface area contributed by atoms with Crippen LogP contribution in [0.4, 0.5) is 17.1 Å². The van der Waals surface area contributed by atoms with E-state index in [1.807, 2.05) is 0 Å². The molecule has 0 aromatic heterocycles. The standard InChI is InChI=1S/C27H20Cl3N3O5/c1-14(2)38-27(37)15-6-9-18(10-7-15)32-24(34)16-4-3-5-19(12-16)31-23-22(30)25(35)33(26(23)36)21-13-17(28)8-11-20(21)29/h3-14,31H,1-2H3,(H,32,34). The molecule has 1 aliphatic rings. The monoisotopic (exact) mass is 571 g/mol. The Hall–Kier alpha value is -3.85. The molecule has 0 unspecified atom stereocenters. The molecule has 194 valence electrons. The molecule has 2 N–H and O–H groups in total. The number of nitrogens with zero attached hydrogens (tertiary/aromatic N) is 1. The van der Waals surface area contributed by atoms with Crippen molar-refractivity contribution in [1.29, 1.82) is 0 Å². The molecule has 0 bridgehead atoms. The summed E-state index contributed by atoms with van der Waals surface area (Å²) >= 11 is 18.4. The van der Waals surface area contributed by atoms with Gasteiger partial charge in [-0.15, -0.1) is 0 Å². The fourth-order valence-corrected chi connectivity index (χ4v) is 4.13. The van der Waals surface area contributed by atoms with Gasteiger partial charge < -0.3 is 15.4 Å². The molecule has 3 amide bonds. The first-order valence-electron chi connectivity index (χ1n) is 11.3. The molecular weight excluding hydrogens is 553 g/mol. The van der Waals surface area contributed by atoms with Crippen LogP contribution in [0, 0.1) is 0 Å². The predicted octanol–water partition coefficient (Wildman–Crippen LogP) is 6.25. The fraction of sp³-hybridized carbons (Fsp3) is 0.111. The molecule has 4 rings (SSSR count). The molecule has 11 heteroatoms. The number of anilines is 3. The van der Waals surface area contributed by atoms with Crippen molar-refractivity contribution in [2.45, 2.75) is 20.0 Å². The van der Waals surface area contributed by atoms with Crippen LogP contribution in [0.3, 0.4) is 0 Å². The van der Waals surface area contributed by atoms with Crippen molar-refractivity contribution in [1.82, 2.24) is 0 Å². The molecule has 3 aromatic rings. The van der Waals surface area contributed by atoms with Gasteiger partial charge in [0.15, 0.2) is 0 Å². The Morgan fingerprint density at radius 3 is 2.24 bits per heavy atom. The highest BCUT2D eigenvalue weighted by atomic mass is 35.5. The fourth-order valence-electron chi connectivity index (χ4n) is 3.54. The lowest BCUT2D eigenvalue weighted by atomic mass is 10.1. The molecule has 0 radical (unpaired) electrons. The van der Waals surface area contributed by atoms with Crippen molar-refractivity contribution in [3.63, 3.8) is 0 Å². The lowest BCUT2D eigenvalue weighted by molar-refractivity contribution is -0.120. The number of carbonyl (C=O) groups is 4. The third kappa shape index (κ3) is 5.83. The molecule has 0 saturated carbocycles. The number of nitrogens with one attached hydrogen (secondary N) is 2. The Bertz CT molecular complexity index is 1490. The number of hydrogen-bond acceptors (Lipinski definition) is 6. The van der Waals surface area contributed by atoms with Crippen molar-refractivity contribution in [3.8, 4) is 0 Å². The summed E-state index contributed by atoms with van der Waals surface area (Å²) in [4.78, 5) is 51.5. The van der Waals surface area contributed by atoms with Crippen LogP contribution in [-0.2, 0) is 14.3 Å². The van der Waals surface area contributed by atoms with Gasteiger partial charge in [-0.05, 0) is 74.5 Å². The van der Waals surface area contributed by atoms with E-state index < -0.39 is 23.7 Å². The van der Waals surface area contributed by atoms with E-state index in [0.29, 0.717) is 16.9 Å². The van der Waals surface area contributed by atoms with Gasteiger partial charge in [0.1, 0.15) is 10.7 Å². The molecule has 1 aliphatic heterocycles. The summed E-state index contributed by atoms with van der Waals surface area (Å²) in [5.74, 6) is -2.39. The Morgan fingerprint density at radius 2 is 1.55 bits per heavy atom. The lowest BCUT2D eigenvalue weighted by Gasteiger charge is -2.17.